The lowest BCUT2D eigenvalue weighted by atomic mass is 10.2. The number of aromatic amines is 1. The Bertz CT molecular complexity index is 662. The smallest absolute Gasteiger partial charge is 0.226 e. The number of hydrogen-bond acceptors (Lipinski definition) is 5. The molecule has 0 bridgehead atoms. The molecular weight excluding hydrogens is 260 g/mol. The number of benzene rings is 1. The fraction of sp³-hybridized carbons (Fsp3) is 0.154. The molecule has 3 aromatic rings. The van der Waals surface area contributed by atoms with Crippen LogP contribution in [0.3, 0.4) is 0 Å². The molecule has 5 nitrogen and oxygen atoms in total. The van der Waals surface area contributed by atoms with Crippen molar-refractivity contribution in [2.45, 2.75) is 17.8 Å². The van der Waals surface area contributed by atoms with E-state index in [0.717, 1.165) is 16.4 Å². The van der Waals surface area contributed by atoms with E-state index in [2.05, 4.69) is 20.2 Å². The molecule has 0 radical (unpaired) electrons. The number of H-pyrrole nitrogens is 1. The Balaban J connectivity index is 1.68. The van der Waals surface area contributed by atoms with Crippen LogP contribution in [-0.4, -0.2) is 20.2 Å². The van der Waals surface area contributed by atoms with Crippen molar-refractivity contribution in [3.8, 4) is 11.3 Å². The van der Waals surface area contributed by atoms with Crippen molar-refractivity contribution >= 4 is 11.8 Å². The van der Waals surface area contributed by atoms with Gasteiger partial charge in [-0.05, 0) is 5.56 Å². The first-order valence-corrected chi connectivity index (χ1v) is 6.82. The van der Waals surface area contributed by atoms with Crippen LogP contribution in [0.5, 0.6) is 0 Å². The quantitative estimate of drug-likeness (QED) is 0.739. The van der Waals surface area contributed by atoms with Crippen molar-refractivity contribution in [2.24, 2.45) is 0 Å². The average molecular weight is 272 g/mol. The van der Waals surface area contributed by atoms with E-state index >= 15 is 0 Å². The number of thioether (sulfide) groups is 1. The molecule has 0 atom stereocenters. The molecule has 19 heavy (non-hydrogen) atoms. The summed E-state index contributed by atoms with van der Waals surface area (Å²) in [5.41, 5.74) is 2.13. The van der Waals surface area contributed by atoms with Gasteiger partial charge in [-0.25, -0.2) is 4.98 Å². The summed E-state index contributed by atoms with van der Waals surface area (Å²) in [6, 6.07) is 10.1. The highest BCUT2D eigenvalue weighted by atomic mass is 32.2. The monoisotopic (exact) mass is 272 g/mol. The molecule has 0 amide bonds. The molecule has 0 aliphatic rings. The van der Waals surface area contributed by atoms with E-state index in [4.69, 9.17) is 4.42 Å². The fourth-order valence-electron chi connectivity index (χ4n) is 1.67. The fourth-order valence-corrected chi connectivity index (χ4v) is 2.35. The number of aryl methyl sites for hydroxylation is 1. The summed E-state index contributed by atoms with van der Waals surface area (Å²) in [6.45, 7) is 1.78. The number of hydrogen-bond donors (Lipinski definition) is 1. The lowest BCUT2D eigenvalue weighted by molar-refractivity contribution is 0.485. The van der Waals surface area contributed by atoms with Gasteiger partial charge < -0.3 is 9.40 Å². The summed E-state index contributed by atoms with van der Waals surface area (Å²) < 4.78 is 5.31. The predicted molar refractivity (Wildman–Crippen MR) is 72.6 cm³/mol. The Morgan fingerprint density at radius 3 is 2.79 bits per heavy atom. The number of rotatable bonds is 4. The van der Waals surface area contributed by atoms with Gasteiger partial charge in [0.25, 0.3) is 0 Å². The van der Waals surface area contributed by atoms with Gasteiger partial charge in [0.1, 0.15) is 0 Å². The molecule has 6 heteroatoms. The van der Waals surface area contributed by atoms with E-state index in [9.17, 15) is 0 Å². The van der Waals surface area contributed by atoms with Crippen molar-refractivity contribution in [1.29, 1.82) is 0 Å². The Hall–Kier alpha value is -2.08. The Morgan fingerprint density at radius 2 is 2.05 bits per heavy atom. The van der Waals surface area contributed by atoms with Gasteiger partial charge in [-0.3, -0.25) is 0 Å². The molecule has 3 rings (SSSR count). The average Bonchev–Trinajstić information content (AvgIpc) is 3.06. The third kappa shape index (κ3) is 2.85. The highest BCUT2D eigenvalue weighted by molar-refractivity contribution is 7.98. The van der Waals surface area contributed by atoms with Crippen molar-refractivity contribution in [1.82, 2.24) is 20.2 Å². The molecule has 2 aromatic heterocycles. The van der Waals surface area contributed by atoms with Gasteiger partial charge in [-0.1, -0.05) is 42.1 Å². The molecule has 0 spiro atoms. The largest absolute Gasteiger partial charge is 0.425 e. The summed E-state index contributed by atoms with van der Waals surface area (Å²) in [6.07, 6.45) is 1.83. The summed E-state index contributed by atoms with van der Waals surface area (Å²) in [7, 11) is 0. The maximum absolute atomic E-state index is 5.31. The van der Waals surface area contributed by atoms with E-state index in [0.29, 0.717) is 17.5 Å². The van der Waals surface area contributed by atoms with E-state index in [1.54, 1.807) is 6.92 Å². The van der Waals surface area contributed by atoms with E-state index < -0.39 is 0 Å². The van der Waals surface area contributed by atoms with Gasteiger partial charge in [-0.15, -0.1) is 10.2 Å². The van der Waals surface area contributed by atoms with E-state index in [-0.39, 0.29) is 0 Å². The molecule has 96 valence electrons. The Morgan fingerprint density at radius 1 is 1.21 bits per heavy atom. The normalized spacial score (nSPS) is 10.8. The highest BCUT2D eigenvalue weighted by Crippen LogP contribution is 2.23. The molecule has 0 aliphatic carbocycles. The van der Waals surface area contributed by atoms with Gasteiger partial charge in [0.2, 0.25) is 11.8 Å². The summed E-state index contributed by atoms with van der Waals surface area (Å²) >= 11 is 1.54. The van der Waals surface area contributed by atoms with Gasteiger partial charge in [-0.2, -0.15) is 0 Å². The second kappa shape index (κ2) is 5.27. The van der Waals surface area contributed by atoms with Crippen molar-refractivity contribution in [3.05, 3.63) is 48.3 Å². The van der Waals surface area contributed by atoms with Crippen LogP contribution in [0.2, 0.25) is 0 Å². The van der Waals surface area contributed by atoms with E-state index in [1.165, 1.54) is 11.8 Å². The zero-order valence-electron chi connectivity index (χ0n) is 10.3. The third-order valence-electron chi connectivity index (χ3n) is 2.54. The predicted octanol–water partition coefficient (Wildman–Crippen LogP) is 3.06. The molecular formula is C13H12N4OS. The molecule has 2 heterocycles. The lowest BCUT2D eigenvalue weighted by Crippen LogP contribution is -1.82. The van der Waals surface area contributed by atoms with Crippen LogP contribution in [0.15, 0.2) is 46.1 Å². The van der Waals surface area contributed by atoms with Gasteiger partial charge >= 0.3 is 0 Å². The highest BCUT2D eigenvalue weighted by Gasteiger charge is 2.07. The van der Waals surface area contributed by atoms with Gasteiger partial charge in [0, 0.05) is 6.92 Å². The van der Waals surface area contributed by atoms with Crippen LogP contribution < -0.4 is 0 Å². The number of nitrogens with one attached hydrogen (secondary N) is 1. The Kier molecular flexibility index (Phi) is 3.33. The minimum atomic E-state index is 0.583. The van der Waals surface area contributed by atoms with Crippen LogP contribution in [-0.2, 0) is 5.75 Å². The van der Waals surface area contributed by atoms with Crippen LogP contribution in [0.4, 0.5) is 0 Å². The first-order valence-electron chi connectivity index (χ1n) is 5.83. The van der Waals surface area contributed by atoms with Crippen LogP contribution in [0, 0.1) is 6.92 Å². The molecule has 0 saturated heterocycles. The minimum Gasteiger partial charge on any atom is -0.425 e. The summed E-state index contributed by atoms with van der Waals surface area (Å²) in [5, 5.41) is 8.58. The van der Waals surface area contributed by atoms with E-state index in [1.807, 2.05) is 36.5 Å². The number of aromatic nitrogens is 4. The maximum atomic E-state index is 5.31. The number of nitrogens with zero attached hydrogens (tertiary/aromatic N) is 3. The van der Waals surface area contributed by atoms with Gasteiger partial charge in [0.15, 0.2) is 5.16 Å². The zero-order chi connectivity index (χ0) is 13.1. The van der Waals surface area contributed by atoms with Crippen LogP contribution >= 0.6 is 11.8 Å². The third-order valence-corrected chi connectivity index (χ3v) is 3.41. The standard InChI is InChI=1S/C13H12N4OS/c1-9-16-17-12(18-9)8-19-13-14-7-11(15-13)10-5-3-2-4-6-10/h2-7H,8H2,1H3,(H,14,15). The van der Waals surface area contributed by atoms with Crippen molar-refractivity contribution in [2.75, 3.05) is 0 Å². The molecule has 1 aromatic carbocycles. The molecule has 0 fully saturated rings. The first-order chi connectivity index (χ1) is 9.31. The maximum Gasteiger partial charge on any atom is 0.226 e. The van der Waals surface area contributed by atoms with Gasteiger partial charge in [0.05, 0.1) is 17.6 Å². The topological polar surface area (TPSA) is 67.6 Å². The second-order valence-electron chi connectivity index (χ2n) is 3.97. The first kappa shape index (κ1) is 12.0. The summed E-state index contributed by atoms with van der Waals surface area (Å²) in [4.78, 5) is 7.60. The summed E-state index contributed by atoms with van der Waals surface area (Å²) in [5.74, 6) is 1.81. The molecule has 1 N–H and O–H groups in total. The molecule has 0 unspecified atom stereocenters. The number of imidazole rings is 1. The molecule has 0 saturated carbocycles. The van der Waals surface area contributed by atoms with Crippen molar-refractivity contribution in [3.63, 3.8) is 0 Å². The second-order valence-corrected chi connectivity index (χ2v) is 4.94. The lowest BCUT2D eigenvalue weighted by Gasteiger charge is -1.95. The van der Waals surface area contributed by atoms with Crippen LogP contribution in [0.1, 0.15) is 11.8 Å². The SMILES string of the molecule is Cc1nnc(CSc2ncc(-c3ccccc3)[nH]2)o1. The Labute approximate surface area is 114 Å². The zero-order valence-corrected chi connectivity index (χ0v) is 11.1. The minimum absolute atomic E-state index is 0.583. The van der Waals surface area contributed by atoms with Crippen LogP contribution in [0.25, 0.3) is 11.3 Å². The van der Waals surface area contributed by atoms with Crippen molar-refractivity contribution < 1.29 is 4.42 Å². The molecule has 0 aliphatic heterocycles.